The Morgan fingerprint density at radius 2 is 1.91 bits per heavy atom. The lowest BCUT2D eigenvalue weighted by Gasteiger charge is -2.37. The van der Waals surface area contributed by atoms with Crippen molar-refractivity contribution < 1.29 is 14.1 Å². The third-order valence-corrected chi connectivity index (χ3v) is 12.1. The Balaban J connectivity index is 1.98. The summed E-state index contributed by atoms with van der Waals surface area (Å²) in [6, 6.07) is 0. The first kappa shape index (κ1) is 24.9. The molecule has 1 aliphatic rings. The van der Waals surface area contributed by atoms with E-state index in [1.54, 1.807) is 11.5 Å². The maximum Gasteiger partial charge on any atom is 0.331 e. The molecular weight excluding hydrogens is 446 g/mol. The average molecular weight is 482 g/mol. The third-order valence-electron chi connectivity index (χ3n) is 6.39. The summed E-state index contributed by atoms with van der Waals surface area (Å²) in [6.45, 7) is 17.8. The monoisotopic (exact) mass is 481 g/mol. The molecule has 0 unspecified atom stereocenters. The molecule has 8 nitrogen and oxygen atoms in total. The van der Waals surface area contributed by atoms with Gasteiger partial charge in [-0.2, -0.15) is 0 Å². The van der Waals surface area contributed by atoms with Crippen molar-refractivity contribution in [3.8, 4) is 0 Å². The lowest BCUT2D eigenvalue weighted by Crippen LogP contribution is -2.45. The van der Waals surface area contributed by atoms with Crippen LogP contribution in [0.15, 0.2) is 9.59 Å². The zero-order valence-corrected chi connectivity index (χ0v) is 22.4. The quantitative estimate of drug-likeness (QED) is 0.611. The molecular formula is C22H35N3O5SSi. The first-order chi connectivity index (χ1) is 14.7. The van der Waals surface area contributed by atoms with Gasteiger partial charge in [0.25, 0.3) is 11.5 Å². The lowest BCUT2D eigenvalue weighted by atomic mass is 10.1. The Labute approximate surface area is 193 Å². The fourth-order valence-corrected chi connectivity index (χ4v) is 6.08. The van der Waals surface area contributed by atoms with Crippen LogP contribution in [0.1, 0.15) is 49.9 Å². The highest BCUT2D eigenvalue weighted by Gasteiger charge is 2.42. The molecule has 1 atom stereocenters. The summed E-state index contributed by atoms with van der Waals surface area (Å²) in [5.41, 5.74) is -0.501. The first-order valence-electron chi connectivity index (χ1n) is 11.0. The van der Waals surface area contributed by atoms with Gasteiger partial charge in [-0.15, -0.1) is 11.3 Å². The van der Waals surface area contributed by atoms with Gasteiger partial charge in [0.15, 0.2) is 8.32 Å². The molecule has 0 N–H and O–H groups in total. The van der Waals surface area contributed by atoms with Crippen LogP contribution in [-0.2, 0) is 22.9 Å². The maximum absolute atomic E-state index is 13.5. The number of rotatable bonds is 5. The van der Waals surface area contributed by atoms with Crippen LogP contribution in [0.2, 0.25) is 18.1 Å². The molecule has 0 aromatic carbocycles. The van der Waals surface area contributed by atoms with E-state index in [1.165, 1.54) is 23.4 Å². The highest BCUT2D eigenvalue weighted by molar-refractivity contribution is 7.19. The molecule has 0 radical (unpaired) electrons. The van der Waals surface area contributed by atoms with Crippen LogP contribution in [0.4, 0.5) is 0 Å². The molecule has 2 aromatic rings. The molecule has 2 aromatic heterocycles. The van der Waals surface area contributed by atoms with Crippen LogP contribution in [0, 0.1) is 12.8 Å². The van der Waals surface area contributed by atoms with Gasteiger partial charge in [0.2, 0.25) is 0 Å². The standard InChI is InChI=1S/C22H35N3O5SSi/c1-13(2)10-24-20-17(18(26)23(7)21(24)28)16(14(3)31-20)19(27)25-11-15(12-29-25)30-32(8,9)22(4,5)6/h13,15H,10-12H2,1-9H3/t15-/m0/s1. The Morgan fingerprint density at radius 3 is 2.47 bits per heavy atom. The minimum Gasteiger partial charge on any atom is -0.410 e. The van der Waals surface area contributed by atoms with E-state index in [1.807, 2.05) is 13.8 Å². The van der Waals surface area contributed by atoms with Crippen LogP contribution < -0.4 is 11.2 Å². The second kappa shape index (κ2) is 8.55. The summed E-state index contributed by atoms with van der Waals surface area (Å²) in [5, 5.41) is 1.65. The van der Waals surface area contributed by atoms with E-state index >= 15 is 0 Å². The van der Waals surface area contributed by atoms with Gasteiger partial charge in [-0.25, -0.2) is 9.86 Å². The molecule has 0 saturated carbocycles. The summed E-state index contributed by atoms with van der Waals surface area (Å²) in [7, 11) is -0.552. The molecule has 0 spiro atoms. The van der Waals surface area contributed by atoms with Gasteiger partial charge in [-0.05, 0) is 31.0 Å². The van der Waals surface area contributed by atoms with Crippen molar-refractivity contribution in [2.45, 2.75) is 72.3 Å². The molecule has 1 amide bonds. The van der Waals surface area contributed by atoms with Crippen LogP contribution >= 0.6 is 11.3 Å². The van der Waals surface area contributed by atoms with Gasteiger partial charge < -0.3 is 4.43 Å². The Bertz CT molecular complexity index is 1160. The highest BCUT2D eigenvalue weighted by atomic mass is 32.1. The summed E-state index contributed by atoms with van der Waals surface area (Å²) in [5.74, 6) is -0.146. The van der Waals surface area contributed by atoms with E-state index in [-0.39, 0.29) is 34.0 Å². The summed E-state index contributed by atoms with van der Waals surface area (Å²) < 4.78 is 9.10. The smallest absolute Gasteiger partial charge is 0.331 e. The SMILES string of the molecule is Cc1sc2c(c1C(=O)N1C[C@H](O[Si](C)(C)C(C)(C)C)CO1)c(=O)n(C)c(=O)n2CC(C)C. The van der Waals surface area contributed by atoms with Gasteiger partial charge in [0.05, 0.1) is 23.6 Å². The van der Waals surface area contributed by atoms with Crippen LogP contribution in [0.5, 0.6) is 0 Å². The molecule has 1 fully saturated rings. The summed E-state index contributed by atoms with van der Waals surface area (Å²) in [4.78, 5) is 46.2. The van der Waals surface area contributed by atoms with Crippen LogP contribution in [0.25, 0.3) is 10.2 Å². The summed E-state index contributed by atoms with van der Waals surface area (Å²) >= 11 is 1.31. The lowest BCUT2D eigenvalue weighted by molar-refractivity contribution is -0.0777. The minimum absolute atomic E-state index is 0.0524. The molecule has 32 heavy (non-hydrogen) atoms. The van der Waals surface area contributed by atoms with Gasteiger partial charge in [0.1, 0.15) is 11.4 Å². The van der Waals surface area contributed by atoms with Crippen molar-refractivity contribution in [3.63, 3.8) is 0 Å². The molecule has 1 aliphatic heterocycles. The largest absolute Gasteiger partial charge is 0.410 e. The Hall–Kier alpha value is -1.75. The second-order valence-corrected chi connectivity index (χ2v) is 16.5. The van der Waals surface area contributed by atoms with E-state index in [9.17, 15) is 14.4 Å². The molecule has 0 bridgehead atoms. The van der Waals surface area contributed by atoms with E-state index in [0.717, 1.165) is 4.57 Å². The number of thiophene rings is 1. The predicted molar refractivity (Wildman–Crippen MR) is 130 cm³/mol. The van der Waals surface area contributed by atoms with Crippen LogP contribution in [-0.4, -0.2) is 47.7 Å². The molecule has 3 heterocycles. The van der Waals surface area contributed by atoms with Gasteiger partial charge in [0, 0.05) is 18.5 Å². The number of nitrogens with zero attached hydrogens (tertiary/aromatic N) is 3. The zero-order chi connectivity index (χ0) is 24.2. The van der Waals surface area contributed by atoms with E-state index in [0.29, 0.717) is 35.0 Å². The molecule has 0 aliphatic carbocycles. The second-order valence-electron chi connectivity index (χ2n) is 10.5. The van der Waals surface area contributed by atoms with Gasteiger partial charge in [-0.1, -0.05) is 34.6 Å². The van der Waals surface area contributed by atoms with Crippen molar-refractivity contribution in [1.82, 2.24) is 14.2 Å². The zero-order valence-electron chi connectivity index (χ0n) is 20.6. The minimum atomic E-state index is -2.01. The van der Waals surface area contributed by atoms with Crippen LogP contribution in [0.3, 0.4) is 0 Å². The number of aromatic nitrogens is 2. The Morgan fingerprint density at radius 1 is 1.28 bits per heavy atom. The van der Waals surface area contributed by atoms with Crippen molar-refractivity contribution in [2.24, 2.45) is 13.0 Å². The van der Waals surface area contributed by atoms with E-state index in [4.69, 9.17) is 9.26 Å². The number of carbonyl (C=O) groups is 1. The van der Waals surface area contributed by atoms with E-state index in [2.05, 4.69) is 33.9 Å². The molecule has 178 valence electrons. The van der Waals surface area contributed by atoms with E-state index < -0.39 is 13.9 Å². The molecule has 3 rings (SSSR count). The van der Waals surface area contributed by atoms with Gasteiger partial charge in [-0.3, -0.25) is 23.6 Å². The van der Waals surface area contributed by atoms with Crippen molar-refractivity contribution in [3.05, 3.63) is 31.3 Å². The average Bonchev–Trinajstić information content (AvgIpc) is 3.25. The number of hydrogen-bond acceptors (Lipinski definition) is 6. The molecule has 10 heteroatoms. The maximum atomic E-state index is 13.5. The number of hydrogen-bond donors (Lipinski definition) is 0. The fraction of sp³-hybridized carbons (Fsp3) is 0.682. The van der Waals surface area contributed by atoms with Crippen molar-refractivity contribution in [2.75, 3.05) is 13.2 Å². The molecule has 1 saturated heterocycles. The summed E-state index contributed by atoms with van der Waals surface area (Å²) in [6.07, 6.45) is -0.202. The Kier molecular flexibility index (Phi) is 6.65. The third kappa shape index (κ3) is 4.37. The topological polar surface area (TPSA) is 82.8 Å². The normalized spacial score (nSPS) is 17.7. The number of fused-ring (bicyclic) bond motifs is 1. The number of aryl methyl sites for hydroxylation is 1. The number of carbonyl (C=O) groups excluding carboxylic acids is 1. The van der Waals surface area contributed by atoms with Crippen molar-refractivity contribution >= 4 is 35.8 Å². The number of hydroxylamine groups is 2. The number of amides is 1. The van der Waals surface area contributed by atoms with Crippen molar-refractivity contribution in [1.29, 1.82) is 0 Å². The fourth-order valence-electron chi connectivity index (χ4n) is 3.62. The highest BCUT2D eigenvalue weighted by Crippen LogP contribution is 2.38. The predicted octanol–water partition coefficient (Wildman–Crippen LogP) is 3.50. The first-order valence-corrected chi connectivity index (χ1v) is 14.7. The van der Waals surface area contributed by atoms with Gasteiger partial charge >= 0.3 is 5.69 Å².